The highest BCUT2D eigenvalue weighted by molar-refractivity contribution is 6.34. The molecule has 6 nitrogen and oxygen atoms in total. The number of phenols is 1. The van der Waals surface area contributed by atoms with Crippen molar-refractivity contribution in [3.8, 4) is 16.9 Å². The van der Waals surface area contributed by atoms with E-state index in [1.807, 2.05) is 43.3 Å². The summed E-state index contributed by atoms with van der Waals surface area (Å²) >= 11 is 6.60. The Hall–Kier alpha value is -3.38. The molecule has 0 saturated heterocycles. The van der Waals surface area contributed by atoms with Gasteiger partial charge in [-0.2, -0.15) is 0 Å². The lowest BCUT2D eigenvalue weighted by Gasteiger charge is -2.13. The normalized spacial score (nSPS) is 11.1. The topological polar surface area (TPSA) is 95.3 Å². The second-order valence-corrected chi connectivity index (χ2v) is 7.17. The first-order valence-electron chi connectivity index (χ1n) is 9.08. The van der Waals surface area contributed by atoms with Gasteiger partial charge in [0, 0.05) is 22.5 Å². The van der Waals surface area contributed by atoms with Crippen LogP contribution < -0.4 is 5.32 Å². The number of carboxylic acid groups (broad SMARTS) is 1. The molecule has 0 saturated carbocycles. The lowest BCUT2D eigenvalue weighted by atomic mass is 9.96. The molecule has 146 valence electrons. The van der Waals surface area contributed by atoms with Crippen molar-refractivity contribution >= 4 is 45.2 Å². The number of carboxylic acids is 1. The predicted molar refractivity (Wildman–Crippen MR) is 115 cm³/mol. The number of benzene rings is 3. The van der Waals surface area contributed by atoms with Gasteiger partial charge in [-0.3, -0.25) is 4.79 Å². The van der Waals surface area contributed by atoms with Crippen molar-refractivity contribution in [3.05, 3.63) is 59.2 Å². The van der Waals surface area contributed by atoms with Crippen LogP contribution in [0, 0.1) is 6.92 Å². The summed E-state index contributed by atoms with van der Waals surface area (Å²) < 4.78 is 0. The number of hydrogen-bond donors (Lipinski definition) is 3. The van der Waals surface area contributed by atoms with Crippen molar-refractivity contribution in [2.45, 2.75) is 13.3 Å². The number of halogens is 1. The molecule has 4 rings (SSSR count). The van der Waals surface area contributed by atoms with E-state index in [1.165, 1.54) is 0 Å². The molecule has 0 radical (unpaired) electrons. The molecule has 0 unspecified atom stereocenters. The van der Waals surface area contributed by atoms with Gasteiger partial charge in [0.2, 0.25) is 5.95 Å². The quantitative estimate of drug-likeness (QED) is 0.430. The second kappa shape index (κ2) is 7.56. The molecule has 3 N–H and O–H groups in total. The van der Waals surface area contributed by atoms with Gasteiger partial charge < -0.3 is 15.5 Å². The SMILES string of the molecule is Cc1nc(NCCC(=O)O)nc2cc(-c3cc(O)cc4ccccc34)c(Cl)cc12. The van der Waals surface area contributed by atoms with E-state index in [4.69, 9.17) is 16.7 Å². The van der Waals surface area contributed by atoms with Gasteiger partial charge in [-0.1, -0.05) is 35.9 Å². The van der Waals surface area contributed by atoms with Crippen LogP contribution in [0.4, 0.5) is 5.95 Å². The summed E-state index contributed by atoms with van der Waals surface area (Å²) in [6, 6.07) is 14.9. The maximum absolute atomic E-state index is 10.7. The molecule has 7 heteroatoms. The smallest absolute Gasteiger partial charge is 0.305 e. The Morgan fingerprint density at radius 1 is 1.07 bits per heavy atom. The number of anilines is 1. The molecule has 29 heavy (non-hydrogen) atoms. The summed E-state index contributed by atoms with van der Waals surface area (Å²) in [5, 5.41) is 25.2. The average molecular weight is 408 g/mol. The number of carbonyl (C=O) groups is 1. The van der Waals surface area contributed by atoms with E-state index in [1.54, 1.807) is 12.1 Å². The molecule has 0 atom stereocenters. The Balaban J connectivity index is 1.86. The lowest BCUT2D eigenvalue weighted by Crippen LogP contribution is -2.10. The zero-order chi connectivity index (χ0) is 20.5. The van der Waals surface area contributed by atoms with Crippen LogP contribution >= 0.6 is 11.6 Å². The number of aromatic nitrogens is 2. The molecular weight excluding hydrogens is 390 g/mol. The number of phenolic OH excluding ortho intramolecular Hbond substituents is 1. The first-order valence-corrected chi connectivity index (χ1v) is 9.46. The van der Waals surface area contributed by atoms with E-state index < -0.39 is 5.97 Å². The van der Waals surface area contributed by atoms with Gasteiger partial charge in [-0.05, 0) is 47.5 Å². The number of nitrogens with one attached hydrogen (secondary N) is 1. The second-order valence-electron chi connectivity index (χ2n) is 6.77. The van der Waals surface area contributed by atoms with Crippen LogP contribution in [0.5, 0.6) is 5.75 Å². The lowest BCUT2D eigenvalue weighted by molar-refractivity contribution is -0.136. The zero-order valence-electron chi connectivity index (χ0n) is 15.6. The number of aliphatic carboxylic acids is 1. The van der Waals surface area contributed by atoms with Crippen LogP contribution in [-0.4, -0.2) is 32.7 Å². The molecule has 0 aliphatic rings. The monoisotopic (exact) mass is 407 g/mol. The summed E-state index contributed by atoms with van der Waals surface area (Å²) in [7, 11) is 0. The first-order chi connectivity index (χ1) is 13.9. The fourth-order valence-corrected chi connectivity index (χ4v) is 3.65. The highest BCUT2D eigenvalue weighted by Gasteiger charge is 2.14. The van der Waals surface area contributed by atoms with Gasteiger partial charge in [0.05, 0.1) is 17.6 Å². The average Bonchev–Trinajstić information content (AvgIpc) is 2.67. The largest absolute Gasteiger partial charge is 0.508 e. The Labute approximate surface area is 171 Å². The van der Waals surface area contributed by atoms with Crippen LogP contribution in [-0.2, 0) is 4.79 Å². The van der Waals surface area contributed by atoms with Crippen LogP contribution in [0.2, 0.25) is 5.02 Å². The van der Waals surface area contributed by atoms with Crippen LogP contribution in [0.3, 0.4) is 0 Å². The third kappa shape index (κ3) is 3.79. The standard InChI is InChI=1S/C22H18ClN3O3/c1-12-16-10-19(23)18(11-20(16)26-22(25-12)24-7-6-21(28)29)17-9-14(27)8-13-4-2-3-5-15(13)17/h2-5,8-11,27H,6-7H2,1H3,(H,28,29)(H,24,25,26). The Kier molecular flexibility index (Phi) is 4.94. The fraction of sp³-hybridized carbons (Fsp3) is 0.136. The van der Waals surface area contributed by atoms with Gasteiger partial charge in [0.15, 0.2) is 0 Å². The maximum atomic E-state index is 10.7. The molecular formula is C22H18ClN3O3. The van der Waals surface area contributed by atoms with E-state index in [-0.39, 0.29) is 18.7 Å². The van der Waals surface area contributed by atoms with Crippen molar-refractivity contribution < 1.29 is 15.0 Å². The van der Waals surface area contributed by atoms with Crippen molar-refractivity contribution in [2.24, 2.45) is 0 Å². The minimum Gasteiger partial charge on any atom is -0.508 e. The molecule has 0 bridgehead atoms. The number of fused-ring (bicyclic) bond motifs is 2. The number of aryl methyl sites for hydroxylation is 1. The van der Waals surface area contributed by atoms with Crippen LogP contribution in [0.1, 0.15) is 12.1 Å². The molecule has 1 heterocycles. The minimum absolute atomic E-state index is 0.0262. The summed E-state index contributed by atoms with van der Waals surface area (Å²) in [4.78, 5) is 19.6. The molecule has 0 amide bonds. The fourth-order valence-electron chi connectivity index (χ4n) is 3.39. The van der Waals surface area contributed by atoms with E-state index in [9.17, 15) is 9.90 Å². The summed E-state index contributed by atoms with van der Waals surface area (Å²) in [5.74, 6) is -0.366. The van der Waals surface area contributed by atoms with Gasteiger partial charge in [0.1, 0.15) is 5.75 Å². The number of hydrogen-bond acceptors (Lipinski definition) is 5. The summed E-state index contributed by atoms with van der Waals surface area (Å²) in [6.45, 7) is 2.09. The van der Waals surface area contributed by atoms with Crippen LogP contribution in [0.15, 0.2) is 48.5 Å². The number of rotatable bonds is 5. The molecule has 0 aliphatic carbocycles. The molecule has 0 fully saturated rings. The van der Waals surface area contributed by atoms with Crippen molar-refractivity contribution in [1.29, 1.82) is 0 Å². The highest BCUT2D eigenvalue weighted by atomic mass is 35.5. The Morgan fingerprint density at radius 3 is 2.66 bits per heavy atom. The summed E-state index contributed by atoms with van der Waals surface area (Å²) in [5.41, 5.74) is 2.98. The van der Waals surface area contributed by atoms with Crippen molar-refractivity contribution in [1.82, 2.24) is 9.97 Å². The minimum atomic E-state index is -0.889. The van der Waals surface area contributed by atoms with Gasteiger partial charge in [-0.25, -0.2) is 9.97 Å². The third-order valence-electron chi connectivity index (χ3n) is 4.73. The molecule has 0 aliphatic heterocycles. The Morgan fingerprint density at radius 2 is 1.86 bits per heavy atom. The van der Waals surface area contributed by atoms with Crippen molar-refractivity contribution in [2.75, 3.05) is 11.9 Å². The first kappa shape index (κ1) is 19.0. The van der Waals surface area contributed by atoms with Crippen molar-refractivity contribution in [3.63, 3.8) is 0 Å². The van der Waals surface area contributed by atoms with E-state index >= 15 is 0 Å². The van der Waals surface area contributed by atoms with E-state index in [2.05, 4.69) is 15.3 Å². The molecule has 1 aromatic heterocycles. The van der Waals surface area contributed by atoms with E-state index in [0.717, 1.165) is 33.0 Å². The molecule has 0 spiro atoms. The summed E-state index contributed by atoms with van der Waals surface area (Å²) in [6.07, 6.45) is -0.0262. The van der Waals surface area contributed by atoms with Gasteiger partial charge in [-0.15, -0.1) is 0 Å². The molecule has 3 aromatic carbocycles. The van der Waals surface area contributed by atoms with E-state index in [0.29, 0.717) is 16.5 Å². The zero-order valence-corrected chi connectivity index (χ0v) is 16.4. The molecule has 4 aromatic rings. The Bertz CT molecular complexity index is 1260. The van der Waals surface area contributed by atoms with Gasteiger partial charge in [0.25, 0.3) is 0 Å². The predicted octanol–water partition coefficient (Wildman–Crippen LogP) is 5.00. The van der Waals surface area contributed by atoms with Crippen LogP contribution in [0.25, 0.3) is 32.8 Å². The number of nitrogens with zero attached hydrogens (tertiary/aromatic N) is 2. The highest BCUT2D eigenvalue weighted by Crippen LogP contribution is 2.38. The number of aromatic hydroxyl groups is 1. The van der Waals surface area contributed by atoms with Gasteiger partial charge >= 0.3 is 5.97 Å². The third-order valence-corrected chi connectivity index (χ3v) is 5.05. The maximum Gasteiger partial charge on any atom is 0.305 e.